The van der Waals surface area contributed by atoms with Gasteiger partial charge in [0.15, 0.2) is 5.82 Å². The topological polar surface area (TPSA) is 75.9 Å². The quantitative estimate of drug-likeness (QED) is 0.538. The second-order valence-corrected chi connectivity index (χ2v) is 6.75. The Hall–Kier alpha value is -0.700. The SMILES string of the molecule is NNc1ncnc(NCCc2ccc(Br)s2)c1Br. The molecule has 2 heterocycles. The molecule has 5 nitrogen and oxygen atoms in total. The minimum absolute atomic E-state index is 0.561. The smallest absolute Gasteiger partial charge is 0.159 e. The van der Waals surface area contributed by atoms with Crippen LogP contribution in [0.15, 0.2) is 26.7 Å². The standard InChI is InChI=1S/C10H11Br2N5S/c11-7-2-1-6(18-7)3-4-14-9-8(12)10(17-13)16-5-15-9/h1-2,5H,3-4,13H2,(H2,14,15,16,17). The molecule has 0 saturated carbocycles. The summed E-state index contributed by atoms with van der Waals surface area (Å²) in [5.74, 6) is 6.63. The van der Waals surface area contributed by atoms with Gasteiger partial charge in [-0.1, -0.05) is 0 Å². The highest BCUT2D eigenvalue weighted by Crippen LogP contribution is 2.26. The lowest BCUT2D eigenvalue weighted by molar-refractivity contribution is 1.01. The Balaban J connectivity index is 1.94. The molecule has 0 atom stereocenters. The third-order valence-electron chi connectivity index (χ3n) is 2.22. The molecule has 8 heteroatoms. The fraction of sp³-hybridized carbons (Fsp3) is 0.200. The minimum atomic E-state index is 0.561. The van der Waals surface area contributed by atoms with Gasteiger partial charge in [0.2, 0.25) is 0 Å². The van der Waals surface area contributed by atoms with Gasteiger partial charge in [0, 0.05) is 11.4 Å². The van der Waals surface area contributed by atoms with E-state index in [4.69, 9.17) is 5.84 Å². The van der Waals surface area contributed by atoms with Crippen molar-refractivity contribution in [3.8, 4) is 0 Å². The Morgan fingerprint density at radius 1 is 1.22 bits per heavy atom. The first kappa shape index (κ1) is 13.7. The van der Waals surface area contributed by atoms with Crippen LogP contribution in [0.3, 0.4) is 0 Å². The maximum atomic E-state index is 5.34. The summed E-state index contributed by atoms with van der Waals surface area (Å²) in [5.41, 5.74) is 2.50. The average Bonchev–Trinajstić information content (AvgIpc) is 2.77. The third-order valence-corrected chi connectivity index (χ3v) is 4.65. The number of halogens is 2. The predicted octanol–water partition coefficient (Wildman–Crippen LogP) is 3.00. The van der Waals surface area contributed by atoms with Crippen molar-refractivity contribution in [3.05, 3.63) is 31.6 Å². The Kier molecular flexibility index (Phi) is 4.93. The second-order valence-electron chi connectivity index (χ2n) is 3.41. The molecular formula is C10H11Br2N5S. The fourth-order valence-electron chi connectivity index (χ4n) is 1.38. The number of hydrogen-bond acceptors (Lipinski definition) is 6. The first-order valence-electron chi connectivity index (χ1n) is 5.16. The number of hydrazine groups is 1. The first-order valence-corrected chi connectivity index (χ1v) is 7.56. The molecule has 0 unspecified atom stereocenters. The number of aromatic nitrogens is 2. The van der Waals surface area contributed by atoms with E-state index in [1.54, 1.807) is 11.3 Å². The lowest BCUT2D eigenvalue weighted by Gasteiger charge is -2.09. The molecule has 0 fully saturated rings. The highest BCUT2D eigenvalue weighted by molar-refractivity contribution is 9.11. The highest BCUT2D eigenvalue weighted by atomic mass is 79.9. The van der Waals surface area contributed by atoms with E-state index >= 15 is 0 Å². The predicted molar refractivity (Wildman–Crippen MR) is 81.8 cm³/mol. The van der Waals surface area contributed by atoms with E-state index in [1.165, 1.54) is 11.2 Å². The van der Waals surface area contributed by atoms with Crippen molar-refractivity contribution >= 4 is 54.8 Å². The van der Waals surface area contributed by atoms with Crippen LogP contribution in [0.4, 0.5) is 11.6 Å². The van der Waals surface area contributed by atoms with Gasteiger partial charge in [0.1, 0.15) is 16.6 Å². The van der Waals surface area contributed by atoms with Crippen LogP contribution >= 0.6 is 43.2 Å². The van der Waals surface area contributed by atoms with E-state index in [0.717, 1.165) is 27.0 Å². The molecule has 2 aromatic rings. The number of thiophene rings is 1. The molecule has 96 valence electrons. The van der Waals surface area contributed by atoms with Crippen LogP contribution in [-0.4, -0.2) is 16.5 Å². The van der Waals surface area contributed by atoms with Crippen LogP contribution in [0.2, 0.25) is 0 Å². The summed E-state index contributed by atoms with van der Waals surface area (Å²) in [4.78, 5) is 9.46. The molecule has 0 bridgehead atoms. The molecule has 0 spiro atoms. The van der Waals surface area contributed by atoms with Crippen LogP contribution < -0.4 is 16.6 Å². The Morgan fingerprint density at radius 2 is 2.00 bits per heavy atom. The summed E-state index contributed by atoms with van der Waals surface area (Å²) < 4.78 is 1.88. The van der Waals surface area contributed by atoms with E-state index in [1.807, 2.05) is 0 Å². The molecule has 0 aromatic carbocycles. The largest absolute Gasteiger partial charge is 0.369 e. The lowest BCUT2D eigenvalue weighted by atomic mass is 10.3. The molecule has 18 heavy (non-hydrogen) atoms. The van der Waals surface area contributed by atoms with Gasteiger partial charge in [-0.25, -0.2) is 15.8 Å². The van der Waals surface area contributed by atoms with Crippen LogP contribution in [0.5, 0.6) is 0 Å². The van der Waals surface area contributed by atoms with E-state index in [2.05, 4.69) is 64.7 Å². The van der Waals surface area contributed by atoms with Gasteiger partial charge in [-0.05, 0) is 50.4 Å². The van der Waals surface area contributed by atoms with E-state index in [0.29, 0.717) is 5.82 Å². The normalized spacial score (nSPS) is 10.4. The number of hydrogen-bond donors (Lipinski definition) is 3. The van der Waals surface area contributed by atoms with Gasteiger partial charge < -0.3 is 10.7 Å². The van der Waals surface area contributed by atoms with Crippen LogP contribution in [-0.2, 0) is 6.42 Å². The van der Waals surface area contributed by atoms with Crippen molar-refractivity contribution < 1.29 is 0 Å². The molecule has 0 aliphatic rings. The number of nitrogens with one attached hydrogen (secondary N) is 2. The molecular weight excluding hydrogens is 382 g/mol. The second kappa shape index (κ2) is 6.46. The zero-order valence-electron chi connectivity index (χ0n) is 9.28. The number of anilines is 2. The van der Waals surface area contributed by atoms with Crippen molar-refractivity contribution in [2.24, 2.45) is 5.84 Å². The third kappa shape index (κ3) is 3.41. The maximum absolute atomic E-state index is 5.34. The van der Waals surface area contributed by atoms with Gasteiger partial charge in [-0.2, -0.15) is 0 Å². The number of nitrogen functional groups attached to an aromatic ring is 1. The Labute approximate surface area is 125 Å². The van der Waals surface area contributed by atoms with E-state index in [-0.39, 0.29) is 0 Å². The highest BCUT2D eigenvalue weighted by Gasteiger charge is 2.07. The zero-order chi connectivity index (χ0) is 13.0. The molecule has 0 aliphatic heterocycles. The van der Waals surface area contributed by atoms with Crippen LogP contribution in [0, 0.1) is 0 Å². The molecule has 2 rings (SSSR count). The first-order chi connectivity index (χ1) is 8.70. The average molecular weight is 393 g/mol. The zero-order valence-corrected chi connectivity index (χ0v) is 13.3. The molecule has 4 N–H and O–H groups in total. The Bertz CT molecular complexity index is 531. The minimum Gasteiger partial charge on any atom is -0.369 e. The number of rotatable bonds is 5. The van der Waals surface area contributed by atoms with Crippen molar-refractivity contribution in [2.75, 3.05) is 17.3 Å². The molecule has 0 aliphatic carbocycles. The van der Waals surface area contributed by atoms with Crippen molar-refractivity contribution in [1.29, 1.82) is 0 Å². The maximum Gasteiger partial charge on any atom is 0.159 e. The van der Waals surface area contributed by atoms with Crippen LogP contribution in [0.25, 0.3) is 0 Å². The van der Waals surface area contributed by atoms with Gasteiger partial charge >= 0.3 is 0 Å². The summed E-state index contributed by atoms with van der Waals surface area (Å²) in [6, 6.07) is 4.16. The summed E-state index contributed by atoms with van der Waals surface area (Å²) >= 11 is 8.58. The van der Waals surface area contributed by atoms with Gasteiger partial charge in [0.05, 0.1) is 3.79 Å². The summed E-state index contributed by atoms with van der Waals surface area (Å²) in [5, 5.41) is 3.24. The number of nitrogens with two attached hydrogens (primary N) is 1. The molecule has 2 aromatic heterocycles. The molecule has 0 saturated heterocycles. The van der Waals surface area contributed by atoms with Gasteiger partial charge in [-0.15, -0.1) is 11.3 Å². The summed E-state index contributed by atoms with van der Waals surface area (Å²) in [6.07, 6.45) is 2.40. The fourth-order valence-corrected chi connectivity index (χ4v) is 3.33. The van der Waals surface area contributed by atoms with E-state index < -0.39 is 0 Å². The number of nitrogens with zero attached hydrogens (tertiary/aromatic N) is 2. The van der Waals surface area contributed by atoms with Gasteiger partial charge in [-0.3, -0.25) is 0 Å². The van der Waals surface area contributed by atoms with E-state index in [9.17, 15) is 0 Å². The van der Waals surface area contributed by atoms with Crippen LogP contribution in [0.1, 0.15) is 4.88 Å². The van der Waals surface area contributed by atoms with Crippen molar-refractivity contribution in [1.82, 2.24) is 9.97 Å². The summed E-state index contributed by atoms with van der Waals surface area (Å²) in [7, 11) is 0. The Morgan fingerprint density at radius 3 is 2.67 bits per heavy atom. The monoisotopic (exact) mass is 391 g/mol. The molecule has 0 radical (unpaired) electrons. The van der Waals surface area contributed by atoms with Crippen molar-refractivity contribution in [3.63, 3.8) is 0 Å². The van der Waals surface area contributed by atoms with Crippen molar-refractivity contribution in [2.45, 2.75) is 6.42 Å². The van der Waals surface area contributed by atoms with Gasteiger partial charge in [0.25, 0.3) is 0 Å². The molecule has 0 amide bonds. The lowest BCUT2D eigenvalue weighted by Crippen LogP contribution is -2.12. The summed E-state index contributed by atoms with van der Waals surface area (Å²) in [6.45, 7) is 0.798.